The van der Waals surface area contributed by atoms with Crippen molar-refractivity contribution in [3.05, 3.63) is 35.4 Å². The number of hydrogen-bond acceptors (Lipinski definition) is 2. The van der Waals surface area contributed by atoms with Crippen molar-refractivity contribution in [2.24, 2.45) is 0 Å². The third-order valence-electron chi connectivity index (χ3n) is 4.68. The molecule has 0 aliphatic carbocycles. The summed E-state index contributed by atoms with van der Waals surface area (Å²) in [6.07, 6.45) is 3.37. The van der Waals surface area contributed by atoms with Gasteiger partial charge < -0.3 is 5.11 Å². The second-order valence-corrected chi connectivity index (χ2v) is 8.32. The van der Waals surface area contributed by atoms with Crippen LogP contribution in [0.15, 0.2) is 24.3 Å². The average Bonchev–Trinajstić information content (AvgIpc) is 2.63. The van der Waals surface area contributed by atoms with Crippen molar-refractivity contribution in [2.45, 2.75) is 61.5 Å². The van der Waals surface area contributed by atoms with Crippen molar-refractivity contribution in [3.8, 4) is 0 Å². The minimum Gasteiger partial charge on any atom is -0.385 e. The van der Waals surface area contributed by atoms with Gasteiger partial charge in [0, 0.05) is 21.3 Å². The summed E-state index contributed by atoms with van der Waals surface area (Å²) >= 11 is 0. The van der Waals surface area contributed by atoms with Gasteiger partial charge in [-0.2, -0.15) is 0 Å². The smallest absolute Gasteiger partial charge is 0.0922 e. The van der Waals surface area contributed by atoms with E-state index in [2.05, 4.69) is 26.0 Å². The molecule has 2 atom stereocenters. The van der Waals surface area contributed by atoms with Crippen molar-refractivity contribution >= 4 is 10.8 Å². The van der Waals surface area contributed by atoms with E-state index >= 15 is 0 Å². The Morgan fingerprint density at radius 3 is 2.37 bits per heavy atom. The Labute approximate surface area is 117 Å². The molecule has 2 nitrogen and oxygen atoms in total. The molecule has 3 rings (SSSR count). The fraction of sp³-hybridized carbons (Fsp3) is 0.625. The summed E-state index contributed by atoms with van der Waals surface area (Å²) in [7, 11) is -0.716. The summed E-state index contributed by atoms with van der Waals surface area (Å²) < 4.78 is 12.1. The van der Waals surface area contributed by atoms with Crippen LogP contribution in [-0.2, 0) is 16.4 Å². The third kappa shape index (κ3) is 2.17. The molecule has 0 spiro atoms. The lowest BCUT2D eigenvalue weighted by atomic mass is 9.80. The van der Waals surface area contributed by atoms with E-state index in [4.69, 9.17) is 0 Å². The van der Waals surface area contributed by atoms with Crippen LogP contribution in [0.25, 0.3) is 0 Å². The van der Waals surface area contributed by atoms with Crippen LogP contribution in [0.2, 0.25) is 0 Å². The lowest BCUT2D eigenvalue weighted by Gasteiger charge is -2.38. The lowest BCUT2D eigenvalue weighted by molar-refractivity contribution is 0.0174. The molecule has 2 fully saturated rings. The van der Waals surface area contributed by atoms with Crippen LogP contribution in [0, 0.1) is 0 Å². The molecule has 0 amide bonds. The Bertz CT molecular complexity index is 493. The van der Waals surface area contributed by atoms with Crippen LogP contribution >= 0.6 is 0 Å². The predicted molar refractivity (Wildman–Crippen MR) is 78.6 cm³/mol. The summed E-state index contributed by atoms with van der Waals surface area (Å²) in [6, 6.07) is 8.22. The second kappa shape index (κ2) is 4.71. The normalized spacial score (nSPS) is 37.8. The maximum absolute atomic E-state index is 12.1. The van der Waals surface area contributed by atoms with Crippen LogP contribution in [0.5, 0.6) is 0 Å². The van der Waals surface area contributed by atoms with Crippen LogP contribution in [-0.4, -0.2) is 19.8 Å². The first-order valence-corrected chi connectivity index (χ1v) is 8.50. The van der Waals surface area contributed by atoms with E-state index in [1.807, 2.05) is 12.1 Å². The monoisotopic (exact) mass is 278 g/mol. The first kappa shape index (κ1) is 13.3. The van der Waals surface area contributed by atoms with Crippen molar-refractivity contribution in [1.82, 2.24) is 0 Å². The van der Waals surface area contributed by atoms with Crippen LogP contribution in [0.3, 0.4) is 0 Å². The van der Waals surface area contributed by atoms with Crippen molar-refractivity contribution in [1.29, 1.82) is 0 Å². The summed E-state index contributed by atoms with van der Waals surface area (Å²) in [5.74, 6) is 0.408. The molecule has 2 aliphatic heterocycles. The van der Waals surface area contributed by atoms with Crippen LogP contribution < -0.4 is 0 Å². The zero-order valence-electron chi connectivity index (χ0n) is 11.6. The first-order chi connectivity index (χ1) is 9.01. The maximum Gasteiger partial charge on any atom is 0.0922 e. The van der Waals surface area contributed by atoms with Gasteiger partial charge in [-0.3, -0.25) is 4.21 Å². The molecule has 2 bridgehead atoms. The van der Waals surface area contributed by atoms with E-state index in [1.54, 1.807) is 0 Å². The minimum atomic E-state index is -0.763. The Kier molecular flexibility index (Phi) is 3.30. The van der Waals surface area contributed by atoms with E-state index in [0.717, 1.165) is 18.4 Å². The molecule has 0 radical (unpaired) electrons. The molecule has 1 N–H and O–H groups in total. The highest BCUT2D eigenvalue weighted by molar-refractivity contribution is 7.86. The van der Waals surface area contributed by atoms with Gasteiger partial charge in [0.25, 0.3) is 0 Å². The Morgan fingerprint density at radius 1 is 1.21 bits per heavy atom. The van der Waals surface area contributed by atoms with Crippen molar-refractivity contribution in [3.63, 3.8) is 0 Å². The van der Waals surface area contributed by atoms with E-state index in [0.29, 0.717) is 18.8 Å². The Balaban J connectivity index is 2.00. The molecule has 2 unspecified atom stereocenters. The maximum atomic E-state index is 12.1. The predicted octanol–water partition coefficient (Wildman–Crippen LogP) is 3.07. The Morgan fingerprint density at radius 2 is 1.79 bits per heavy atom. The SMILES string of the molecule is CC(C)c1ccccc1C1(O)CC2CCC(C1)S2=O. The topological polar surface area (TPSA) is 37.3 Å². The van der Waals surface area contributed by atoms with Gasteiger partial charge in [-0.05, 0) is 42.7 Å². The number of rotatable bonds is 2. The summed E-state index contributed by atoms with van der Waals surface area (Å²) in [5, 5.41) is 11.5. The fourth-order valence-electron chi connectivity index (χ4n) is 3.73. The fourth-order valence-corrected chi connectivity index (χ4v) is 5.89. The highest BCUT2D eigenvalue weighted by atomic mass is 32.2. The highest BCUT2D eigenvalue weighted by Gasteiger charge is 2.48. The van der Waals surface area contributed by atoms with Crippen molar-refractivity contribution < 1.29 is 9.32 Å². The number of aliphatic hydroxyl groups is 1. The van der Waals surface area contributed by atoms with Gasteiger partial charge in [0.15, 0.2) is 0 Å². The zero-order valence-corrected chi connectivity index (χ0v) is 12.5. The lowest BCUT2D eigenvalue weighted by Crippen LogP contribution is -2.41. The van der Waals surface area contributed by atoms with Gasteiger partial charge in [0.05, 0.1) is 5.60 Å². The van der Waals surface area contributed by atoms with E-state index < -0.39 is 16.4 Å². The molecule has 3 heteroatoms. The zero-order chi connectivity index (χ0) is 13.6. The van der Waals surface area contributed by atoms with Gasteiger partial charge in [-0.15, -0.1) is 0 Å². The molecule has 2 heterocycles. The first-order valence-electron chi connectivity index (χ1n) is 7.22. The number of benzene rings is 1. The molecular weight excluding hydrogens is 256 g/mol. The molecule has 2 aliphatic rings. The second-order valence-electron chi connectivity index (χ2n) is 6.33. The average molecular weight is 278 g/mol. The number of hydrogen-bond donors (Lipinski definition) is 1. The molecule has 0 saturated carbocycles. The molecule has 2 saturated heterocycles. The molecule has 1 aromatic rings. The summed E-state index contributed by atoms with van der Waals surface area (Å²) in [4.78, 5) is 0. The van der Waals surface area contributed by atoms with Crippen molar-refractivity contribution in [2.75, 3.05) is 0 Å². The number of fused-ring (bicyclic) bond motifs is 2. The largest absolute Gasteiger partial charge is 0.385 e. The van der Waals surface area contributed by atoms with E-state index in [9.17, 15) is 9.32 Å². The van der Waals surface area contributed by atoms with Crippen LogP contribution in [0.4, 0.5) is 0 Å². The van der Waals surface area contributed by atoms with Gasteiger partial charge in [0.1, 0.15) is 0 Å². The van der Waals surface area contributed by atoms with Gasteiger partial charge in [-0.25, -0.2) is 0 Å². The summed E-state index contributed by atoms with van der Waals surface area (Å²) in [6.45, 7) is 4.33. The molecule has 104 valence electrons. The van der Waals surface area contributed by atoms with Gasteiger partial charge >= 0.3 is 0 Å². The Hall–Kier alpha value is -0.670. The molecule has 19 heavy (non-hydrogen) atoms. The molecule has 1 aromatic carbocycles. The quantitative estimate of drug-likeness (QED) is 0.902. The van der Waals surface area contributed by atoms with Gasteiger partial charge in [-0.1, -0.05) is 38.1 Å². The molecule has 0 aromatic heterocycles. The molecular formula is C16H22O2S. The standard InChI is InChI=1S/C16H22O2S/c1-11(2)14-5-3-4-6-15(14)16(17)9-12-7-8-13(10-16)19(12)18/h3-6,11-13,17H,7-10H2,1-2H3. The van der Waals surface area contributed by atoms with E-state index in [-0.39, 0.29) is 10.5 Å². The minimum absolute atomic E-state index is 0.198. The van der Waals surface area contributed by atoms with E-state index in [1.165, 1.54) is 5.56 Å². The van der Waals surface area contributed by atoms with Gasteiger partial charge in [0.2, 0.25) is 0 Å². The highest BCUT2D eigenvalue weighted by Crippen LogP contribution is 2.47. The summed E-state index contributed by atoms with van der Waals surface area (Å²) in [5.41, 5.74) is 1.54. The van der Waals surface area contributed by atoms with Crippen LogP contribution in [0.1, 0.15) is 56.6 Å². The third-order valence-corrected chi connectivity index (χ3v) is 6.80.